The topological polar surface area (TPSA) is 105 Å². The summed E-state index contributed by atoms with van der Waals surface area (Å²) >= 11 is 0. The Hall–Kier alpha value is -3.72. The quantitative estimate of drug-likeness (QED) is 0.670. The van der Waals surface area contributed by atoms with Crippen LogP contribution in [0.2, 0.25) is 0 Å². The summed E-state index contributed by atoms with van der Waals surface area (Å²) in [7, 11) is 2.45. The lowest BCUT2D eigenvalue weighted by Gasteiger charge is -2.38. The van der Waals surface area contributed by atoms with Gasteiger partial charge in [0.2, 0.25) is 0 Å². The molecule has 2 amide bonds. The number of nitrogens with zero attached hydrogens (tertiary/aromatic N) is 2. The molecule has 4 atom stereocenters. The van der Waals surface area contributed by atoms with Crippen molar-refractivity contribution < 1.29 is 28.7 Å². The van der Waals surface area contributed by atoms with Crippen molar-refractivity contribution in [3.63, 3.8) is 0 Å². The first-order chi connectivity index (χ1) is 16.2. The maximum atomic E-state index is 13.8. The van der Waals surface area contributed by atoms with Crippen molar-refractivity contribution in [3.8, 4) is 0 Å². The van der Waals surface area contributed by atoms with E-state index in [1.165, 1.54) is 19.2 Å². The molecule has 1 N–H and O–H groups in total. The van der Waals surface area contributed by atoms with Crippen molar-refractivity contribution in [2.45, 2.75) is 37.5 Å². The lowest BCUT2D eigenvalue weighted by Crippen LogP contribution is -2.52. The smallest absolute Gasteiger partial charge is 0.331 e. The number of carbonyl (C=O) groups excluding carboxylic acids is 4. The second-order valence-electron chi connectivity index (χ2n) is 8.82. The monoisotopic (exact) mass is 465 g/mol. The average Bonchev–Trinajstić information content (AvgIpc) is 3.27. The SMILES string of the molecule is COC(=O)[C@@H]1[C@H](C(=O)OC)N2C(=O)[C@H](NC(=O)c3ccccc3)[C@@H](c3ccccc3)N2C1(C)C. The third kappa shape index (κ3) is 3.62. The van der Waals surface area contributed by atoms with Gasteiger partial charge in [-0.05, 0) is 31.5 Å². The van der Waals surface area contributed by atoms with Crippen LogP contribution in [0.15, 0.2) is 60.7 Å². The van der Waals surface area contributed by atoms with Gasteiger partial charge < -0.3 is 14.8 Å². The number of hydrogen-bond acceptors (Lipinski definition) is 7. The van der Waals surface area contributed by atoms with Crippen molar-refractivity contribution in [3.05, 3.63) is 71.8 Å². The first kappa shape index (κ1) is 23.4. The number of ether oxygens (including phenoxy) is 2. The molecular weight excluding hydrogens is 438 g/mol. The van der Waals surface area contributed by atoms with Crippen LogP contribution in [0.3, 0.4) is 0 Å². The number of methoxy groups -OCH3 is 2. The van der Waals surface area contributed by atoms with Gasteiger partial charge in [-0.25, -0.2) is 9.80 Å². The molecule has 9 nitrogen and oxygen atoms in total. The van der Waals surface area contributed by atoms with Gasteiger partial charge in [0, 0.05) is 5.56 Å². The van der Waals surface area contributed by atoms with Gasteiger partial charge in [0.1, 0.15) is 12.0 Å². The minimum atomic E-state index is -1.23. The molecule has 2 fully saturated rings. The molecular formula is C25H27N3O6. The highest BCUT2D eigenvalue weighted by Gasteiger charge is 2.68. The molecule has 0 radical (unpaired) electrons. The molecule has 2 aliphatic heterocycles. The maximum Gasteiger partial charge on any atom is 0.331 e. The molecule has 0 bridgehead atoms. The molecule has 9 heteroatoms. The van der Waals surface area contributed by atoms with Gasteiger partial charge in [-0.3, -0.25) is 19.4 Å². The molecule has 0 saturated carbocycles. The van der Waals surface area contributed by atoms with E-state index in [9.17, 15) is 19.2 Å². The lowest BCUT2D eigenvalue weighted by molar-refractivity contribution is -0.161. The number of amides is 2. The molecule has 2 aromatic carbocycles. The molecule has 4 rings (SSSR count). The summed E-state index contributed by atoms with van der Waals surface area (Å²) in [5.41, 5.74) is 0.133. The molecule has 178 valence electrons. The largest absolute Gasteiger partial charge is 0.469 e. The van der Waals surface area contributed by atoms with Crippen LogP contribution in [0, 0.1) is 5.92 Å². The number of rotatable bonds is 5. The van der Waals surface area contributed by atoms with Crippen LogP contribution in [-0.2, 0) is 23.9 Å². The van der Waals surface area contributed by atoms with Crippen LogP contribution >= 0.6 is 0 Å². The average molecular weight is 466 g/mol. The predicted molar refractivity (Wildman–Crippen MR) is 121 cm³/mol. The van der Waals surface area contributed by atoms with Crippen LogP contribution in [0.4, 0.5) is 0 Å². The third-order valence-corrected chi connectivity index (χ3v) is 6.60. The maximum absolute atomic E-state index is 13.8. The van der Waals surface area contributed by atoms with Gasteiger partial charge in [0.15, 0.2) is 6.04 Å². The molecule has 2 heterocycles. The van der Waals surface area contributed by atoms with E-state index in [1.54, 1.807) is 49.2 Å². The number of hydrogen-bond donors (Lipinski definition) is 1. The van der Waals surface area contributed by atoms with Gasteiger partial charge in [-0.2, -0.15) is 0 Å². The van der Waals surface area contributed by atoms with Crippen LogP contribution in [0.5, 0.6) is 0 Å². The standard InChI is InChI=1S/C25H27N3O6/c1-25(2)17(23(31)33-3)20(24(32)34-4)27-22(30)18(26-21(29)16-13-9-6-10-14-16)19(28(25)27)15-11-7-5-8-12-15/h5-14,17-20H,1-4H3,(H,26,29)/t17-,18+,19+,20+/m0/s1. The van der Waals surface area contributed by atoms with Crippen LogP contribution in [0.1, 0.15) is 35.8 Å². The number of benzene rings is 2. The fourth-order valence-electron chi connectivity index (χ4n) is 5.08. The van der Waals surface area contributed by atoms with Gasteiger partial charge in [0.25, 0.3) is 11.8 Å². The van der Waals surface area contributed by atoms with Crippen molar-refractivity contribution in [1.29, 1.82) is 0 Å². The normalized spacial score (nSPS) is 25.5. The number of nitrogens with one attached hydrogen (secondary N) is 1. The van der Waals surface area contributed by atoms with E-state index < -0.39 is 53.3 Å². The van der Waals surface area contributed by atoms with E-state index in [2.05, 4.69) is 5.32 Å². The third-order valence-electron chi connectivity index (χ3n) is 6.60. The Labute approximate surface area is 197 Å². The summed E-state index contributed by atoms with van der Waals surface area (Å²) in [5.74, 6) is -3.28. The zero-order chi connectivity index (χ0) is 24.6. The summed E-state index contributed by atoms with van der Waals surface area (Å²) in [4.78, 5) is 52.5. The molecule has 34 heavy (non-hydrogen) atoms. The van der Waals surface area contributed by atoms with Crippen LogP contribution < -0.4 is 5.32 Å². The van der Waals surface area contributed by atoms with Crippen molar-refractivity contribution in [2.75, 3.05) is 14.2 Å². The lowest BCUT2D eigenvalue weighted by atomic mass is 9.81. The Kier molecular flexibility index (Phi) is 6.14. The van der Waals surface area contributed by atoms with Gasteiger partial charge in [0.05, 0.1) is 25.8 Å². The van der Waals surface area contributed by atoms with Crippen LogP contribution in [0.25, 0.3) is 0 Å². The Morgan fingerprint density at radius 2 is 1.44 bits per heavy atom. The Morgan fingerprint density at radius 3 is 2.00 bits per heavy atom. The van der Waals surface area contributed by atoms with E-state index in [4.69, 9.17) is 9.47 Å². The van der Waals surface area contributed by atoms with E-state index in [-0.39, 0.29) is 0 Å². The number of carbonyl (C=O) groups is 4. The van der Waals surface area contributed by atoms with Crippen molar-refractivity contribution >= 4 is 23.8 Å². The van der Waals surface area contributed by atoms with Crippen molar-refractivity contribution in [1.82, 2.24) is 15.3 Å². The minimum Gasteiger partial charge on any atom is -0.469 e. The van der Waals surface area contributed by atoms with Gasteiger partial charge in [-0.1, -0.05) is 48.5 Å². The Morgan fingerprint density at radius 1 is 0.882 bits per heavy atom. The Balaban J connectivity index is 1.83. The number of esters is 2. The van der Waals surface area contributed by atoms with Crippen molar-refractivity contribution in [2.24, 2.45) is 5.92 Å². The number of hydrazine groups is 1. The van der Waals surface area contributed by atoms with E-state index in [0.717, 1.165) is 5.56 Å². The van der Waals surface area contributed by atoms with Gasteiger partial charge in [-0.15, -0.1) is 0 Å². The van der Waals surface area contributed by atoms with Gasteiger partial charge >= 0.3 is 11.9 Å². The first-order valence-electron chi connectivity index (χ1n) is 10.9. The summed E-state index contributed by atoms with van der Waals surface area (Å²) in [6.07, 6.45) is 0. The van der Waals surface area contributed by atoms with E-state index in [1.807, 2.05) is 30.3 Å². The summed E-state index contributed by atoms with van der Waals surface area (Å²) in [6.45, 7) is 3.55. The molecule has 0 unspecified atom stereocenters. The second-order valence-corrected chi connectivity index (χ2v) is 8.82. The second kappa shape index (κ2) is 8.90. The molecule has 0 aliphatic carbocycles. The molecule has 0 aromatic heterocycles. The highest BCUT2D eigenvalue weighted by Crippen LogP contribution is 2.50. The Bertz CT molecular complexity index is 1100. The van der Waals surface area contributed by atoms with E-state index >= 15 is 0 Å². The molecule has 2 saturated heterocycles. The minimum absolute atomic E-state index is 0.403. The fraction of sp³-hybridized carbons (Fsp3) is 0.360. The zero-order valence-electron chi connectivity index (χ0n) is 19.4. The molecule has 0 spiro atoms. The number of fused-ring (bicyclic) bond motifs is 1. The zero-order valence-corrected chi connectivity index (χ0v) is 19.4. The summed E-state index contributed by atoms with van der Waals surface area (Å²) in [5, 5.41) is 5.83. The summed E-state index contributed by atoms with van der Waals surface area (Å²) < 4.78 is 9.99. The predicted octanol–water partition coefficient (Wildman–Crippen LogP) is 1.71. The highest BCUT2D eigenvalue weighted by molar-refractivity contribution is 6.00. The molecule has 2 aromatic rings. The summed E-state index contributed by atoms with van der Waals surface area (Å²) in [6, 6.07) is 14.9. The van der Waals surface area contributed by atoms with E-state index in [0.29, 0.717) is 5.56 Å². The fourth-order valence-corrected chi connectivity index (χ4v) is 5.08. The highest BCUT2D eigenvalue weighted by atomic mass is 16.5. The first-order valence-corrected chi connectivity index (χ1v) is 10.9. The molecule has 2 aliphatic rings. The van der Waals surface area contributed by atoms with Crippen LogP contribution in [-0.4, -0.2) is 65.6 Å².